The highest BCUT2D eigenvalue weighted by molar-refractivity contribution is 7.89. The van der Waals surface area contributed by atoms with Gasteiger partial charge in [0.05, 0.1) is 4.90 Å². The van der Waals surface area contributed by atoms with Gasteiger partial charge in [0.2, 0.25) is 10.0 Å². The Bertz CT molecular complexity index is 652. The van der Waals surface area contributed by atoms with E-state index in [9.17, 15) is 8.42 Å². The van der Waals surface area contributed by atoms with Crippen LogP contribution in [0, 0.1) is 24.7 Å². The smallest absolute Gasteiger partial charge is 0.241 e. The van der Waals surface area contributed by atoms with E-state index in [2.05, 4.69) is 16.6 Å². The lowest BCUT2D eigenvalue weighted by atomic mass is 9.83. The number of aryl methyl sites for hydroxylation is 1. The van der Waals surface area contributed by atoms with Crippen LogP contribution in [-0.4, -0.2) is 26.7 Å². The summed E-state index contributed by atoms with van der Waals surface area (Å²) in [7, 11) is -3.55. The van der Waals surface area contributed by atoms with Crippen molar-refractivity contribution in [1.29, 1.82) is 0 Å². The van der Waals surface area contributed by atoms with Crippen molar-refractivity contribution in [3.8, 4) is 11.8 Å². The summed E-state index contributed by atoms with van der Waals surface area (Å²) in [5.41, 5.74) is 1.37. The van der Waals surface area contributed by atoms with Crippen LogP contribution in [0.4, 0.5) is 0 Å². The van der Waals surface area contributed by atoms with Gasteiger partial charge in [-0.25, -0.2) is 13.1 Å². The Morgan fingerprint density at radius 3 is 2.76 bits per heavy atom. The molecule has 0 atom stereocenters. The van der Waals surface area contributed by atoms with Crippen LogP contribution in [0.15, 0.2) is 23.1 Å². The van der Waals surface area contributed by atoms with E-state index in [-0.39, 0.29) is 11.5 Å². The van der Waals surface area contributed by atoms with Gasteiger partial charge in [-0.1, -0.05) is 37.2 Å². The van der Waals surface area contributed by atoms with Crippen LogP contribution in [0.3, 0.4) is 0 Å². The molecule has 0 bridgehead atoms. The summed E-state index contributed by atoms with van der Waals surface area (Å²) < 4.78 is 27.4. The molecule has 0 heterocycles. The lowest BCUT2D eigenvalue weighted by molar-refractivity contribution is 0.297. The van der Waals surface area contributed by atoms with Gasteiger partial charge >= 0.3 is 0 Å². The Morgan fingerprint density at radius 2 is 2.14 bits per heavy atom. The maximum atomic E-state index is 12.4. The van der Waals surface area contributed by atoms with Crippen LogP contribution >= 0.6 is 0 Å². The van der Waals surface area contributed by atoms with Crippen molar-refractivity contribution in [1.82, 2.24) is 4.72 Å². The molecule has 0 radical (unpaired) electrons. The molecule has 21 heavy (non-hydrogen) atoms. The monoisotopic (exact) mass is 307 g/mol. The standard InChI is InChI=1S/C16H21NO3S/c1-13-7-8-16(15(12-13)6-3-11-18)21(19,20)17-10-9-14-4-2-5-14/h7-8,12,14,17-18H,2,4-5,9-11H2,1H3. The van der Waals surface area contributed by atoms with Gasteiger partial charge in [-0.05, 0) is 37.0 Å². The van der Waals surface area contributed by atoms with E-state index in [1.54, 1.807) is 18.2 Å². The lowest BCUT2D eigenvalue weighted by Crippen LogP contribution is -2.28. The van der Waals surface area contributed by atoms with E-state index >= 15 is 0 Å². The van der Waals surface area contributed by atoms with Crippen LogP contribution in [0.25, 0.3) is 0 Å². The fourth-order valence-corrected chi connectivity index (χ4v) is 3.56. The summed E-state index contributed by atoms with van der Waals surface area (Å²) in [5, 5.41) is 8.79. The predicted octanol–water partition coefficient (Wildman–Crippen LogP) is 1.81. The maximum absolute atomic E-state index is 12.4. The van der Waals surface area contributed by atoms with Crippen molar-refractivity contribution < 1.29 is 13.5 Å². The van der Waals surface area contributed by atoms with Crippen molar-refractivity contribution in [2.75, 3.05) is 13.2 Å². The van der Waals surface area contributed by atoms with E-state index in [1.165, 1.54) is 19.3 Å². The molecular weight excluding hydrogens is 286 g/mol. The maximum Gasteiger partial charge on any atom is 0.241 e. The third kappa shape index (κ3) is 4.31. The first-order valence-corrected chi connectivity index (χ1v) is 8.71. The second-order valence-corrected chi connectivity index (χ2v) is 7.18. The summed E-state index contributed by atoms with van der Waals surface area (Å²) in [6.07, 6.45) is 4.57. The summed E-state index contributed by atoms with van der Waals surface area (Å²) in [6.45, 7) is 2.06. The molecule has 1 aromatic carbocycles. The van der Waals surface area contributed by atoms with Crippen molar-refractivity contribution in [3.63, 3.8) is 0 Å². The first-order chi connectivity index (χ1) is 10.0. The molecule has 1 aliphatic rings. The van der Waals surface area contributed by atoms with E-state index < -0.39 is 10.0 Å². The molecule has 1 saturated carbocycles. The molecule has 4 nitrogen and oxygen atoms in total. The van der Waals surface area contributed by atoms with Gasteiger partial charge in [0.25, 0.3) is 0 Å². The lowest BCUT2D eigenvalue weighted by Gasteiger charge is -2.25. The number of hydrogen-bond donors (Lipinski definition) is 2. The molecule has 0 aromatic heterocycles. The van der Waals surface area contributed by atoms with E-state index in [1.807, 2.05) is 6.92 Å². The number of nitrogens with one attached hydrogen (secondary N) is 1. The third-order valence-electron chi connectivity index (χ3n) is 3.80. The molecule has 1 fully saturated rings. The van der Waals surface area contributed by atoms with Gasteiger partial charge in [0.15, 0.2) is 0 Å². The van der Waals surface area contributed by atoms with Crippen LogP contribution in [0.1, 0.15) is 36.8 Å². The quantitative estimate of drug-likeness (QED) is 0.815. The largest absolute Gasteiger partial charge is 0.384 e. The molecule has 5 heteroatoms. The summed E-state index contributed by atoms with van der Waals surface area (Å²) in [4.78, 5) is 0.183. The Morgan fingerprint density at radius 1 is 1.38 bits per heavy atom. The molecule has 0 spiro atoms. The van der Waals surface area contributed by atoms with Gasteiger partial charge in [0, 0.05) is 12.1 Å². The topological polar surface area (TPSA) is 66.4 Å². The van der Waals surface area contributed by atoms with Gasteiger partial charge in [-0.3, -0.25) is 0 Å². The van der Waals surface area contributed by atoms with Gasteiger partial charge in [0.1, 0.15) is 6.61 Å². The van der Waals surface area contributed by atoms with Gasteiger partial charge < -0.3 is 5.11 Å². The molecule has 114 valence electrons. The second kappa shape index (κ2) is 7.08. The number of benzene rings is 1. The van der Waals surface area contributed by atoms with Crippen molar-refractivity contribution in [2.24, 2.45) is 5.92 Å². The minimum atomic E-state index is -3.55. The molecule has 0 unspecified atom stereocenters. The highest BCUT2D eigenvalue weighted by atomic mass is 32.2. The number of rotatable bonds is 5. The second-order valence-electron chi connectivity index (χ2n) is 5.44. The van der Waals surface area contributed by atoms with E-state index in [4.69, 9.17) is 5.11 Å². The minimum absolute atomic E-state index is 0.183. The first kappa shape index (κ1) is 16.0. The number of sulfonamides is 1. The molecule has 0 aliphatic heterocycles. The minimum Gasteiger partial charge on any atom is -0.384 e. The predicted molar refractivity (Wildman–Crippen MR) is 82.3 cm³/mol. The average molecular weight is 307 g/mol. The number of hydrogen-bond acceptors (Lipinski definition) is 3. The molecular formula is C16H21NO3S. The SMILES string of the molecule is Cc1ccc(S(=O)(=O)NCCC2CCC2)c(C#CCO)c1. The van der Waals surface area contributed by atoms with Crippen LogP contribution in [0.2, 0.25) is 0 Å². The summed E-state index contributed by atoms with van der Waals surface area (Å²) in [5.74, 6) is 5.89. The zero-order chi connectivity index (χ0) is 15.3. The Hall–Kier alpha value is -1.35. The Balaban J connectivity index is 2.13. The molecule has 1 aliphatic carbocycles. The molecule has 1 aromatic rings. The molecule has 0 saturated heterocycles. The highest BCUT2D eigenvalue weighted by Crippen LogP contribution is 2.29. The van der Waals surface area contributed by atoms with Crippen LogP contribution in [0.5, 0.6) is 0 Å². The van der Waals surface area contributed by atoms with Crippen LogP contribution in [-0.2, 0) is 10.0 Å². The van der Waals surface area contributed by atoms with Gasteiger partial charge in [-0.2, -0.15) is 0 Å². The third-order valence-corrected chi connectivity index (χ3v) is 5.32. The zero-order valence-electron chi connectivity index (χ0n) is 12.2. The highest BCUT2D eigenvalue weighted by Gasteiger charge is 2.20. The molecule has 2 rings (SSSR count). The van der Waals surface area contributed by atoms with E-state index in [0.29, 0.717) is 18.0 Å². The van der Waals surface area contributed by atoms with Crippen molar-refractivity contribution >= 4 is 10.0 Å². The average Bonchev–Trinajstić information content (AvgIpc) is 2.39. The first-order valence-electron chi connectivity index (χ1n) is 7.23. The van der Waals surface area contributed by atoms with Crippen LogP contribution < -0.4 is 4.72 Å². The summed E-state index contributed by atoms with van der Waals surface area (Å²) >= 11 is 0. The van der Waals surface area contributed by atoms with Gasteiger partial charge in [-0.15, -0.1) is 0 Å². The number of aliphatic hydroxyl groups excluding tert-OH is 1. The number of aliphatic hydroxyl groups is 1. The van der Waals surface area contributed by atoms with E-state index in [0.717, 1.165) is 12.0 Å². The zero-order valence-corrected chi connectivity index (χ0v) is 13.0. The Kier molecular flexibility index (Phi) is 5.40. The molecule has 0 amide bonds. The molecule has 2 N–H and O–H groups in total. The fraction of sp³-hybridized carbons (Fsp3) is 0.500. The fourth-order valence-electron chi connectivity index (χ4n) is 2.37. The Labute approximate surface area is 126 Å². The normalized spacial score (nSPS) is 15.1. The summed E-state index contributed by atoms with van der Waals surface area (Å²) in [6, 6.07) is 5.05. The van der Waals surface area contributed by atoms with Crippen molar-refractivity contribution in [3.05, 3.63) is 29.3 Å². The van der Waals surface area contributed by atoms with Crippen molar-refractivity contribution in [2.45, 2.75) is 37.5 Å².